The van der Waals surface area contributed by atoms with E-state index >= 15 is 0 Å². The highest BCUT2D eigenvalue weighted by Gasteiger charge is 2.48. The van der Waals surface area contributed by atoms with Gasteiger partial charge in [0, 0.05) is 0 Å². The van der Waals surface area contributed by atoms with Gasteiger partial charge in [-0.05, 0) is 38.7 Å². The van der Waals surface area contributed by atoms with Gasteiger partial charge in [-0.3, -0.25) is 9.59 Å². The van der Waals surface area contributed by atoms with Crippen molar-refractivity contribution in [3.8, 4) is 0 Å². The van der Waals surface area contributed by atoms with Gasteiger partial charge in [-0.15, -0.1) is 0 Å². The lowest BCUT2D eigenvalue weighted by molar-refractivity contribution is -0.369. The van der Waals surface area contributed by atoms with Gasteiger partial charge < -0.3 is 27.6 Å². The first-order chi connectivity index (χ1) is 10.6. The molecular formula is C17H26ClNO4. The van der Waals surface area contributed by atoms with E-state index in [0.717, 1.165) is 5.56 Å². The fourth-order valence-electron chi connectivity index (χ4n) is 2.43. The summed E-state index contributed by atoms with van der Waals surface area (Å²) in [5.74, 6) is -1.02. The Morgan fingerprint density at radius 3 is 2.00 bits per heavy atom. The van der Waals surface area contributed by atoms with Gasteiger partial charge in [-0.1, -0.05) is 30.3 Å². The number of ether oxygens (including phenoxy) is 2. The Labute approximate surface area is 143 Å². The molecule has 0 aliphatic rings. The van der Waals surface area contributed by atoms with Crippen LogP contribution in [0.3, 0.4) is 0 Å². The third-order valence-corrected chi connectivity index (χ3v) is 3.53. The first-order valence-corrected chi connectivity index (χ1v) is 7.78. The molecule has 0 aromatic heterocycles. The van der Waals surface area contributed by atoms with Crippen LogP contribution in [-0.4, -0.2) is 31.7 Å². The molecule has 1 aromatic carbocycles. The molecule has 1 rings (SSSR count). The van der Waals surface area contributed by atoms with Gasteiger partial charge in [-0.2, -0.15) is 0 Å². The first kappa shape index (κ1) is 21.4. The van der Waals surface area contributed by atoms with E-state index in [1.165, 1.54) is 0 Å². The number of esters is 2. The maximum Gasteiger partial charge on any atom is 0.323 e. The van der Waals surface area contributed by atoms with Crippen molar-refractivity contribution in [3.63, 3.8) is 0 Å². The molecule has 0 amide bonds. The molecule has 1 aromatic rings. The van der Waals surface area contributed by atoms with Crippen molar-refractivity contribution >= 4 is 11.9 Å². The van der Waals surface area contributed by atoms with Crippen molar-refractivity contribution < 1.29 is 37.2 Å². The molecule has 5 nitrogen and oxygen atoms in total. The summed E-state index contributed by atoms with van der Waals surface area (Å²) >= 11 is 0. The van der Waals surface area contributed by atoms with Crippen LogP contribution in [0.5, 0.6) is 0 Å². The van der Waals surface area contributed by atoms with E-state index in [9.17, 15) is 9.59 Å². The van der Waals surface area contributed by atoms with Crippen molar-refractivity contribution in [2.24, 2.45) is 5.41 Å². The van der Waals surface area contributed by atoms with E-state index in [-0.39, 0.29) is 32.0 Å². The number of benzene rings is 1. The quantitative estimate of drug-likeness (QED) is 0.431. The molecule has 0 aliphatic heterocycles. The molecule has 0 unspecified atom stereocenters. The van der Waals surface area contributed by atoms with E-state index in [0.29, 0.717) is 19.4 Å². The van der Waals surface area contributed by atoms with Gasteiger partial charge in [0.2, 0.25) is 0 Å². The highest BCUT2D eigenvalue weighted by atomic mass is 35.5. The minimum atomic E-state index is -1.29. The third kappa shape index (κ3) is 5.84. The van der Waals surface area contributed by atoms with Gasteiger partial charge in [-0.25, -0.2) is 0 Å². The van der Waals surface area contributed by atoms with Crippen LogP contribution < -0.4 is 18.1 Å². The average molecular weight is 344 g/mol. The van der Waals surface area contributed by atoms with Crippen LogP contribution in [0, 0.1) is 5.41 Å². The molecule has 0 fully saturated rings. The number of halogens is 1. The zero-order valence-corrected chi connectivity index (χ0v) is 14.6. The number of hydrogen-bond acceptors (Lipinski definition) is 4. The molecule has 0 atom stereocenters. The largest absolute Gasteiger partial charge is 1.00 e. The fraction of sp³-hybridized carbons (Fsp3) is 0.529. The lowest BCUT2D eigenvalue weighted by atomic mass is 9.77. The predicted octanol–water partition coefficient (Wildman–Crippen LogP) is -1.63. The maximum atomic E-state index is 12.5. The smallest absolute Gasteiger partial charge is 0.323 e. The molecule has 130 valence electrons. The highest BCUT2D eigenvalue weighted by molar-refractivity contribution is 6.00. The second-order valence-corrected chi connectivity index (χ2v) is 5.14. The topological polar surface area (TPSA) is 80.2 Å². The van der Waals surface area contributed by atoms with Gasteiger partial charge in [0.1, 0.15) is 0 Å². The Hall–Kier alpha value is -1.59. The lowest BCUT2D eigenvalue weighted by Crippen LogP contribution is -3.00. The summed E-state index contributed by atoms with van der Waals surface area (Å²) in [4.78, 5) is 25.1. The molecule has 3 N–H and O–H groups in total. The molecule has 0 saturated carbocycles. The van der Waals surface area contributed by atoms with Crippen molar-refractivity contribution in [1.82, 2.24) is 0 Å². The normalized spacial score (nSPS) is 10.6. The Balaban J connectivity index is 0.00000484. The average Bonchev–Trinajstić information content (AvgIpc) is 2.52. The predicted molar refractivity (Wildman–Crippen MR) is 82.8 cm³/mol. The Morgan fingerprint density at radius 1 is 1.04 bits per heavy atom. The zero-order valence-electron chi connectivity index (χ0n) is 13.8. The molecule has 0 aliphatic carbocycles. The molecule has 6 heteroatoms. The van der Waals surface area contributed by atoms with E-state index < -0.39 is 17.4 Å². The van der Waals surface area contributed by atoms with Crippen LogP contribution in [-0.2, 0) is 25.5 Å². The summed E-state index contributed by atoms with van der Waals surface area (Å²) in [7, 11) is 0. The summed E-state index contributed by atoms with van der Waals surface area (Å²) < 4.78 is 10.4. The molecule has 0 radical (unpaired) electrons. The summed E-state index contributed by atoms with van der Waals surface area (Å²) in [5, 5.41) is 0. The van der Waals surface area contributed by atoms with E-state index in [4.69, 9.17) is 9.47 Å². The van der Waals surface area contributed by atoms with Gasteiger partial charge in [0.25, 0.3) is 0 Å². The molecule has 0 spiro atoms. The van der Waals surface area contributed by atoms with Crippen molar-refractivity contribution in [2.45, 2.75) is 33.1 Å². The third-order valence-electron chi connectivity index (χ3n) is 3.53. The number of carbonyl (C=O) groups excluding carboxylic acids is 2. The van der Waals surface area contributed by atoms with E-state index in [2.05, 4.69) is 5.73 Å². The molecule has 0 bridgehead atoms. The Kier molecular flexibility index (Phi) is 10.3. The molecule has 0 heterocycles. The number of carbonyl (C=O) groups is 2. The number of hydrogen-bond donors (Lipinski definition) is 1. The SMILES string of the molecule is CCOC(=O)C(CCC[NH3+])(Cc1ccccc1)C(=O)OCC.[Cl-]. The van der Waals surface area contributed by atoms with Gasteiger partial charge in [0.15, 0.2) is 5.41 Å². The molecule has 23 heavy (non-hydrogen) atoms. The standard InChI is InChI=1S/C17H25NO4.ClH/c1-3-21-15(19)17(11-8-12-18,16(20)22-4-2)13-14-9-6-5-7-10-14;/h5-7,9-10H,3-4,8,11-13,18H2,1-2H3;1H. The molecular weight excluding hydrogens is 318 g/mol. The summed E-state index contributed by atoms with van der Waals surface area (Å²) in [5.41, 5.74) is 3.43. The molecule has 0 saturated heterocycles. The van der Waals surface area contributed by atoms with Crippen molar-refractivity contribution in [2.75, 3.05) is 19.8 Å². The van der Waals surface area contributed by atoms with Gasteiger partial charge >= 0.3 is 11.9 Å². The second kappa shape index (κ2) is 11.0. The monoisotopic (exact) mass is 343 g/mol. The van der Waals surface area contributed by atoms with Crippen LogP contribution in [0.1, 0.15) is 32.3 Å². The van der Waals surface area contributed by atoms with Crippen molar-refractivity contribution in [1.29, 1.82) is 0 Å². The summed E-state index contributed by atoms with van der Waals surface area (Å²) in [6.07, 6.45) is 1.32. The first-order valence-electron chi connectivity index (χ1n) is 7.78. The highest BCUT2D eigenvalue weighted by Crippen LogP contribution is 2.32. The Bertz CT molecular complexity index is 461. The second-order valence-electron chi connectivity index (χ2n) is 5.14. The maximum absolute atomic E-state index is 12.5. The lowest BCUT2D eigenvalue weighted by Gasteiger charge is -2.29. The van der Waals surface area contributed by atoms with Crippen LogP contribution >= 0.6 is 0 Å². The number of rotatable bonds is 9. The number of quaternary nitrogens is 1. The van der Waals surface area contributed by atoms with Crippen LogP contribution in [0.2, 0.25) is 0 Å². The van der Waals surface area contributed by atoms with Crippen LogP contribution in [0.4, 0.5) is 0 Å². The summed E-state index contributed by atoms with van der Waals surface area (Å²) in [6, 6.07) is 9.47. The minimum absolute atomic E-state index is 0. The Morgan fingerprint density at radius 2 is 1.57 bits per heavy atom. The minimum Gasteiger partial charge on any atom is -1.00 e. The zero-order chi connectivity index (χ0) is 16.4. The summed E-state index contributed by atoms with van der Waals surface area (Å²) in [6.45, 7) is 4.59. The van der Waals surface area contributed by atoms with Crippen LogP contribution in [0.15, 0.2) is 30.3 Å². The van der Waals surface area contributed by atoms with E-state index in [1.54, 1.807) is 13.8 Å². The van der Waals surface area contributed by atoms with E-state index in [1.807, 2.05) is 30.3 Å². The van der Waals surface area contributed by atoms with Crippen molar-refractivity contribution in [3.05, 3.63) is 35.9 Å². The van der Waals surface area contributed by atoms with Crippen LogP contribution in [0.25, 0.3) is 0 Å². The van der Waals surface area contributed by atoms with Gasteiger partial charge in [0.05, 0.1) is 19.8 Å². The fourth-order valence-corrected chi connectivity index (χ4v) is 2.43.